The average Bonchev–Trinajstić information content (AvgIpc) is 2.42. The van der Waals surface area contributed by atoms with Crippen LogP contribution in [0.3, 0.4) is 0 Å². The van der Waals surface area contributed by atoms with Gasteiger partial charge in [-0.15, -0.1) is 0 Å². The highest BCUT2D eigenvalue weighted by molar-refractivity contribution is 6.36. The molecule has 1 heterocycles. The number of nitrogens with zero attached hydrogens (tertiary/aromatic N) is 2. The Bertz CT molecular complexity index is 457. The van der Waals surface area contributed by atoms with Crippen LogP contribution in [0.15, 0.2) is 18.2 Å². The molecule has 1 saturated heterocycles. The molecule has 1 aliphatic heterocycles. The van der Waals surface area contributed by atoms with Gasteiger partial charge in [0.15, 0.2) is 0 Å². The summed E-state index contributed by atoms with van der Waals surface area (Å²) in [4.78, 5) is 4.90. The van der Waals surface area contributed by atoms with Crippen molar-refractivity contribution in [1.29, 1.82) is 0 Å². The smallest absolute Gasteiger partial charge is 0.0501 e. The predicted octanol–water partition coefficient (Wildman–Crippen LogP) is 3.41. The fraction of sp³-hybridized carbons (Fsp3) is 0.625. The van der Waals surface area contributed by atoms with Gasteiger partial charge in [-0.3, -0.25) is 9.80 Å². The van der Waals surface area contributed by atoms with Gasteiger partial charge in [0.05, 0.1) is 6.04 Å². The molecule has 0 aromatic heterocycles. The van der Waals surface area contributed by atoms with Crippen LogP contribution < -0.4 is 5.73 Å². The van der Waals surface area contributed by atoms with Crippen LogP contribution in [0.25, 0.3) is 0 Å². The summed E-state index contributed by atoms with van der Waals surface area (Å²) < 4.78 is 0. The van der Waals surface area contributed by atoms with Crippen molar-refractivity contribution in [2.45, 2.75) is 32.4 Å². The third kappa shape index (κ3) is 3.91. The minimum Gasteiger partial charge on any atom is -0.329 e. The van der Waals surface area contributed by atoms with Gasteiger partial charge in [0.25, 0.3) is 0 Å². The molecule has 1 atom stereocenters. The Balaban J connectivity index is 2.14. The molecule has 0 spiro atoms. The summed E-state index contributed by atoms with van der Waals surface area (Å²) >= 11 is 12.7. The van der Waals surface area contributed by atoms with E-state index in [1.54, 1.807) is 0 Å². The molecule has 118 valence electrons. The molecule has 2 N–H and O–H groups in total. The molecular formula is C16H25Cl2N3. The van der Waals surface area contributed by atoms with Crippen LogP contribution in [0.1, 0.15) is 32.4 Å². The summed E-state index contributed by atoms with van der Waals surface area (Å²) in [6.07, 6.45) is 0. The first-order valence-electron chi connectivity index (χ1n) is 7.47. The molecule has 2 rings (SSSR count). The Kier molecular flexibility index (Phi) is 5.55. The fourth-order valence-electron chi connectivity index (χ4n) is 2.98. The predicted molar refractivity (Wildman–Crippen MR) is 91.2 cm³/mol. The maximum Gasteiger partial charge on any atom is 0.0501 e. The van der Waals surface area contributed by atoms with Crippen molar-refractivity contribution in [3.8, 4) is 0 Å². The van der Waals surface area contributed by atoms with Gasteiger partial charge in [0.2, 0.25) is 0 Å². The Morgan fingerprint density at radius 1 is 1.10 bits per heavy atom. The molecular weight excluding hydrogens is 305 g/mol. The highest BCUT2D eigenvalue weighted by atomic mass is 35.5. The van der Waals surface area contributed by atoms with Gasteiger partial charge in [-0.1, -0.05) is 29.3 Å². The first-order valence-corrected chi connectivity index (χ1v) is 8.23. The van der Waals surface area contributed by atoms with E-state index in [0.29, 0.717) is 16.6 Å². The number of halogens is 2. The zero-order chi connectivity index (χ0) is 15.6. The number of nitrogens with two attached hydrogens (primary N) is 1. The SMILES string of the molecule is CC(C)(C)N1CCN(C(CN)c2c(Cl)cccc2Cl)CC1. The highest BCUT2D eigenvalue weighted by Crippen LogP contribution is 2.34. The van der Waals surface area contributed by atoms with Crippen molar-refractivity contribution in [1.82, 2.24) is 9.80 Å². The van der Waals surface area contributed by atoms with E-state index in [4.69, 9.17) is 28.9 Å². The Morgan fingerprint density at radius 2 is 1.62 bits per heavy atom. The highest BCUT2D eigenvalue weighted by Gasteiger charge is 2.30. The first kappa shape index (κ1) is 17.0. The molecule has 1 fully saturated rings. The van der Waals surface area contributed by atoms with Crippen molar-refractivity contribution in [3.05, 3.63) is 33.8 Å². The van der Waals surface area contributed by atoms with Crippen molar-refractivity contribution in [2.24, 2.45) is 5.73 Å². The molecule has 0 amide bonds. The molecule has 0 bridgehead atoms. The van der Waals surface area contributed by atoms with Gasteiger partial charge < -0.3 is 5.73 Å². The second-order valence-corrected chi connectivity index (χ2v) is 7.40. The quantitative estimate of drug-likeness (QED) is 0.922. The van der Waals surface area contributed by atoms with Gasteiger partial charge in [-0.2, -0.15) is 0 Å². The number of hydrogen-bond donors (Lipinski definition) is 1. The van der Waals surface area contributed by atoms with Crippen molar-refractivity contribution >= 4 is 23.2 Å². The molecule has 5 heteroatoms. The summed E-state index contributed by atoms with van der Waals surface area (Å²) in [7, 11) is 0. The van der Waals surface area contributed by atoms with Crippen molar-refractivity contribution in [3.63, 3.8) is 0 Å². The van der Waals surface area contributed by atoms with Crippen LogP contribution in [0.2, 0.25) is 10.0 Å². The van der Waals surface area contributed by atoms with Gasteiger partial charge in [-0.25, -0.2) is 0 Å². The topological polar surface area (TPSA) is 32.5 Å². The summed E-state index contributed by atoms with van der Waals surface area (Å²) in [5, 5.41) is 1.41. The van der Waals surface area contributed by atoms with Gasteiger partial charge in [-0.05, 0) is 32.9 Å². The van der Waals surface area contributed by atoms with Crippen LogP contribution in [0.5, 0.6) is 0 Å². The lowest BCUT2D eigenvalue weighted by molar-refractivity contribution is 0.0434. The zero-order valence-electron chi connectivity index (χ0n) is 13.1. The lowest BCUT2D eigenvalue weighted by atomic mass is 10.0. The molecule has 0 aliphatic carbocycles. The van der Waals surface area contributed by atoms with E-state index < -0.39 is 0 Å². The van der Waals surface area contributed by atoms with Gasteiger partial charge in [0.1, 0.15) is 0 Å². The van der Waals surface area contributed by atoms with Crippen LogP contribution in [0.4, 0.5) is 0 Å². The average molecular weight is 330 g/mol. The van der Waals surface area contributed by atoms with Crippen LogP contribution in [0, 0.1) is 0 Å². The van der Waals surface area contributed by atoms with Crippen LogP contribution >= 0.6 is 23.2 Å². The number of piperazine rings is 1. The van der Waals surface area contributed by atoms with Crippen molar-refractivity contribution < 1.29 is 0 Å². The maximum atomic E-state index is 6.35. The Labute approximate surface area is 138 Å². The second-order valence-electron chi connectivity index (χ2n) is 6.58. The molecule has 3 nitrogen and oxygen atoms in total. The first-order chi connectivity index (χ1) is 9.84. The van der Waals surface area contributed by atoms with E-state index in [0.717, 1.165) is 31.7 Å². The van der Waals surface area contributed by atoms with E-state index in [-0.39, 0.29) is 11.6 Å². The molecule has 1 aromatic carbocycles. The normalized spacial score (nSPS) is 19.7. The molecule has 21 heavy (non-hydrogen) atoms. The van der Waals surface area contributed by atoms with E-state index in [1.807, 2.05) is 18.2 Å². The summed E-state index contributed by atoms with van der Waals surface area (Å²) in [6, 6.07) is 5.74. The number of rotatable bonds is 3. The molecule has 1 unspecified atom stereocenters. The third-order valence-corrected chi connectivity index (χ3v) is 4.92. The molecule has 1 aromatic rings. The second kappa shape index (κ2) is 6.84. The van der Waals surface area contributed by atoms with Crippen molar-refractivity contribution in [2.75, 3.05) is 32.7 Å². The standard InChI is InChI=1S/C16H25Cl2N3/c1-16(2,3)21-9-7-20(8-10-21)14(11-19)15-12(17)5-4-6-13(15)18/h4-6,14H,7-11,19H2,1-3H3. The van der Waals surface area contributed by atoms with E-state index in [2.05, 4.69) is 30.6 Å². The largest absolute Gasteiger partial charge is 0.329 e. The van der Waals surface area contributed by atoms with Crippen LogP contribution in [-0.2, 0) is 0 Å². The summed E-state index contributed by atoms with van der Waals surface area (Å²) in [5.74, 6) is 0. The monoisotopic (exact) mass is 329 g/mol. The summed E-state index contributed by atoms with van der Waals surface area (Å²) in [6.45, 7) is 11.4. The van der Waals surface area contributed by atoms with E-state index in [9.17, 15) is 0 Å². The van der Waals surface area contributed by atoms with E-state index >= 15 is 0 Å². The van der Waals surface area contributed by atoms with Gasteiger partial charge >= 0.3 is 0 Å². The van der Waals surface area contributed by atoms with Crippen LogP contribution in [-0.4, -0.2) is 48.1 Å². The lowest BCUT2D eigenvalue weighted by Gasteiger charge is -2.44. The Morgan fingerprint density at radius 3 is 2.05 bits per heavy atom. The zero-order valence-corrected chi connectivity index (χ0v) is 14.6. The fourth-order valence-corrected chi connectivity index (χ4v) is 3.63. The maximum absolute atomic E-state index is 6.35. The van der Waals surface area contributed by atoms with E-state index in [1.165, 1.54) is 0 Å². The molecule has 0 saturated carbocycles. The number of benzene rings is 1. The minimum atomic E-state index is 0.0910. The van der Waals surface area contributed by atoms with Gasteiger partial charge in [0, 0.05) is 53.9 Å². The molecule has 0 radical (unpaired) electrons. The third-order valence-electron chi connectivity index (χ3n) is 4.26. The Hall–Kier alpha value is -0.320. The lowest BCUT2D eigenvalue weighted by Crippen LogP contribution is -2.54. The minimum absolute atomic E-state index is 0.0910. The number of hydrogen-bond acceptors (Lipinski definition) is 3. The summed E-state index contributed by atoms with van der Waals surface area (Å²) in [5.41, 5.74) is 7.20. The molecule has 1 aliphatic rings.